The van der Waals surface area contributed by atoms with Gasteiger partial charge in [0.1, 0.15) is 12.4 Å². The number of benzene rings is 2. The Bertz CT molecular complexity index is 1230. The van der Waals surface area contributed by atoms with Gasteiger partial charge in [-0.05, 0) is 81.6 Å². The number of aromatic nitrogens is 1. The largest absolute Gasteiger partial charge is 0.491 e. The first-order valence-electron chi connectivity index (χ1n) is 13.0. The van der Waals surface area contributed by atoms with Crippen LogP contribution in [0.2, 0.25) is 0 Å². The minimum atomic E-state index is -0.885. The first-order chi connectivity index (χ1) is 17.0. The molecule has 35 heavy (non-hydrogen) atoms. The van der Waals surface area contributed by atoms with Crippen LogP contribution in [0.15, 0.2) is 36.4 Å². The normalized spacial score (nSPS) is 18.6. The lowest BCUT2D eigenvalue weighted by Gasteiger charge is -2.33. The number of ether oxygens (including phenoxy) is 1. The minimum Gasteiger partial charge on any atom is -0.491 e. The molecule has 0 bridgehead atoms. The smallest absolute Gasteiger partial charge is 0.335 e. The van der Waals surface area contributed by atoms with Gasteiger partial charge in [-0.15, -0.1) is 0 Å². The highest BCUT2D eigenvalue weighted by atomic mass is 16.5. The van der Waals surface area contributed by atoms with E-state index in [0.717, 1.165) is 36.3 Å². The Morgan fingerprint density at radius 3 is 2.74 bits per heavy atom. The summed E-state index contributed by atoms with van der Waals surface area (Å²) < 4.78 is 8.91. The summed E-state index contributed by atoms with van der Waals surface area (Å²) >= 11 is 0. The Hall–Kier alpha value is -2.83. The summed E-state index contributed by atoms with van der Waals surface area (Å²) in [5.74, 6) is 0.504. The fourth-order valence-electron chi connectivity index (χ4n) is 6.08. The molecule has 186 valence electrons. The van der Waals surface area contributed by atoms with Crippen molar-refractivity contribution in [2.75, 3.05) is 26.7 Å². The van der Waals surface area contributed by atoms with Crippen molar-refractivity contribution in [3.8, 4) is 17.0 Å². The first-order valence-corrected chi connectivity index (χ1v) is 13.0. The molecule has 5 rings (SSSR count). The second-order valence-electron chi connectivity index (χ2n) is 10.3. The van der Waals surface area contributed by atoms with Gasteiger partial charge in [0.05, 0.1) is 17.3 Å². The summed E-state index contributed by atoms with van der Waals surface area (Å²) in [6.45, 7) is 5.04. The highest BCUT2D eigenvalue weighted by Gasteiger charge is 2.32. The van der Waals surface area contributed by atoms with Crippen molar-refractivity contribution in [2.45, 2.75) is 64.0 Å². The molecule has 3 aromatic rings. The van der Waals surface area contributed by atoms with Crippen molar-refractivity contribution in [1.82, 2.24) is 9.47 Å². The molecule has 0 radical (unpaired) electrons. The summed E-state index contributed by atoms with van der Waals surface area (Å²) in [5.41, 5.74) is 12.1. The molecule has 1 aliphatic heterocycles. The maximum absolute atomic E-state index is 11.9. The van der Waals surface area contributed by atoms with Crippen molar-refractivity contribution in [3.63, 3.8) is 0 Å². The number of hydrogen-bond donors (Lipinski definition) is 2. The average Bonchev–Trinajstić information content (AvgIpc) is 3.16. The van der Waals surface area contributed by atoms with E-state index in [1.165, 1.54) is 54.3 Å². The lowest BCUT2D eigenvalue weighted by Crippen LogP contribution is -2.41. The van der Waals surface area contributed by atoms with Gasteiger partial charge in [-0.1, -0.05) is 37.5 Å². The van der Waals surface area contributed by atoms with Gasteiger partial charge >= 0.3 is 5.97 Å². The maximum Gasteiger partial charge on any atom is 0.335 e. The van der Waals surface area contributed by atoms with Crippen molar-refractivity contribution in [2.24, 2.45) is 5.73 Å². The van der Waals surface area contributed by atoms with E-state index >= 15 is 0 Å². The number of hydrogen-bond acceptors (Lipinski definition) is 4. The quantitative estimate of drug-likeness (QED) is 0.499. The number of nitrogens with zero attached hydrogens (tertiary/aromatic N) is 2. The van der Waals surface area contributed by atoms with Crippen molar-refractivity contribution < 1.29 is 14.6 Å². The fraction of sp³-hybridized carbons (Fsp3) is 0.483. The Labute approximate surface area is 207 Å². The third-order valence-corrected chi connectivity index (χ3v) is 8.00. The number of aromatic carboxylic acids is 1. The number of carboxylic acids is 1. The summed E-state index contributed by atoms with van der Waals surface area (Å²) in [7, 11) is 2.14. The Morgan fingerprint density at radius 2 is 2.00 bits per heavy atom. The van der Waals surface area contributed by atoms with Crippen LogP contribution in [0.5, 0.6) is 5.75 Å². The van der Waals surface area contributed by atoms with Gasteiger partial charge in [0.25, 0.3) is 0 Å². The molecule has 0 unspecified atom stereocenters. The van der Waals surface area contributed by atoms with Crippen LogP contribution in [0, 0.1) is 6.92 Å². The van der Waals surface area contributed by atoms with Gasteiger partial charge in [-0.3, -0.25) is 4.90 Å². The second-order valence-corrected chi connectivity index (χ2v) is 10.3. The third-order valence-electron chi connectivity index (χ3n) is 8.00. The number of likely N-dealkylation sites (N-methyl/N-ethyl adjacent to an activating group) is 1. The van der Waals surface area contributed by atoms with Gasteiger partial charge < -0.3 is 20.1 Å². The monoisotopic (exact) mass is 475 g/mol. The summed E-state index contributed by atoms with van der Waals surface area (Å²) in [5, 5.41) is 11.0. The highest BCUT2D eigenvalue weighted by Crippen LogP contribution is 2.48. The topological polar surface area (TPSA) is 80.7 Å². The van der Waals surface area contributed by atoms with Gasteiger partial charge in [0, 0.05) is 23.0 Å². The third kappa shape index (κ3) is 4.45. The van der Waals surface area contributed by atoms with Gasteiger partial charge in [0.15, 0.2) is 0 Å². The van der Waals surface area contributed by atoms with Crippen LogP contribution in [-0.2, 0) is 6.54 Å². The molecule has 0 amide bonds. The number of fused-ring (bicyclic) bond motifs is 5. The summed E-state index contributed by atoms with van der Waals surface area (Å²) in [6, 6.07) is 12.2. The summed E-state index contributed by atoms with van der Waals surface area (Å²) in [6.07, 6.45) is 7.05. The second kappa shape index (κ2) is 10.0. The molecule has 1 aliphatic carbocycles. The lowest BCUT2D eigenvalue weighted by molar-refractivity contribution is 0.0697. The molecule has 6 heteroatoms. The molecular weight excluding hydrogens is 438 g/mol. The molecule has 6 nitrogen and oxygen atoms in total. The van der Waals surface area contributed by atoms with E-state index in [-0.39, 0.29) is 6.04 Å². The molecule has 2 aliphatic rings. The zero-order valence-corrected chi connectivity index (χ0v) is 20.9. The van der Waals surface area contributed by atoms with Crippen LogP contribution < -0.4 is 10.5 Å². The Kier molecular flexibility index (Phi) is 6.85. The number of nitrogens with two attached hydrogens (primary N) is 1. The predicted molar refractivity (Wildman–Crippen MR) is 140 cm³/mol. The van der Waals surface area contributed by atoms with Crippen molar-refractivity contribution >= 4 is 16.9 Å². The minimum absolute atomic E-state index is 0.150. The standard InChI is InChI=1S/C29H37N3O3/c1-19-8-6-11-25-26(19)28-27(20-9-4-3-5-10-20)23-13-12-21(29(33)34)16-24(23)32(28)17-22(18-35-25)31(2)15-7-14-30/h6,8,11-13,16,20,22H,3-5,7,9-10,14-15,17-18,30H2,1-2H3,(H,33,34)/t22-/m1/s1. The zero-order valence-electron chi connectivity index (χ0n) is 20.9. The number of carboxylic acid groups (broad SMARTS) is 1. The molecule has 1 fully saturated rings. The van der Waals surface area contributed by atoms with Crippen LogP contribution in [0.25, 0.3) is 22.2 Å². The SMILES string of the molecule is Cc1cccc2c1-c1c(C3CCCCC3)c3ccc(C(=O)O)cc3n1C[C@@H](N(C)CCCN)CO2. The van der Waals surface area contributed by atoms with Crippen LogP contribution in [0.3, 0.4) is 0 Å². The van der Waals surface area contributed by atoms with E-state index in [9.17, 15) is 9.90 Å². The van der Waals surface area contributed by atoms with Crippen molar-refractivity contribution in [3.05, 3.63) is 53.1 Å². The van der Waals surface area contributed by atoms with E-state index in [1.807, 2.05) is 12.1 Å². The number of carbonyl (C=O) groups is 1. The zero-order chi connectivity index (χ0) is 24.5. The maximum atomic E-state index is 11.9. The Morgan fingerprint density at radius 1 is 1.20 bits per heavy atom. The van der Waals surface area contributed by atoms with Crippen LogP contribution >= 0.6 is 0 Å². The molecule has 0 saturated heterocycles. The van der Waals surface area contributed by atoms with Gasteiger partial charge in [-0.25, -0.2) is 4.79 Å². The molecule has 1 saturated carbocycles. The predicted octanol–water partition coefficient (Wildman–Crippen LogP) is 5.40. The average molecular weight is 476 g/mol. The van der Waals surface area contributed by atoms with Crippen LogP contribution in [-0.4, -0.2) is 53.3 Å². The molecule has 2 heterocycles. The van der Waals surface area contributed by atoms with E-state index in [4.69, 9.17) is 10.5 Å². The van der Waals surface area contributed by atoms with E-state index in [0.29, 0.717) is 24.6 Å². The van der Waals surface area contributed by atoms with Crippen LogP contribution in [0.1, 0.15) is 65.9 Å². The number of aryl methyl sites for hydroxylation is 1. The van der Waals surface area contributed by atoms with Gasteiger partial charge in [0.2, 0.25) is 0 Å². The van der Waals surface area contributed by atoms with Gasteiger partial charge in [-0.2, -0.15) is 0 Å². The molecule has 1 atom stereocenters. The highest BCUT2D eigenvalue weighted by molar-refractivity contribution is 5.99. The van der Waals surface area contributed by atoms with Crippen molar-refractivity contribution in [1.29, 1.82) is 0 Å². The van der Waals surface area contributed by atoms with E-state index in [1.54, 1.807) is 6.07 Å². The first kappa shape index (κ1) is 23.9. The molecule has 2 aromatic carbocycles. The van der Waals surface area contributed by atoms with E-state index in [2.05, 4.69) is 41.6 Å². The molecule has 3 N–H and O–H groups in total. The fourth-order valence-corrected chi connectivity index (χ4v) is 6.08. The lowest BCUT2D eigenvalue weighted by atomic mass is 9.81. The molecule has 0 spiro atoms. The van der Waals surface area contributed by atoms with Crippen LogP contribution in [0.4, 0.5) is 0 Å². The number of rotatable bonds is 6. The molecular formula is C29H37N3O3. The van der Waals surface area contributed by atoms with E-state index < -0.39 is 5.97 Å². The summed E-state index contributed by atoms with van der Waals surface area (Å²) in [4.78, 5) is 14.3. The Balaban J connectivity index is 1.78. The molecule has 1 aromatic heterocycles.